The first-order valence-electron chi connectivity index (χ1n) is 6.91. The lowest BCUT2D eigenvalue weighted by molar-refractivity contribution is 0.294. The highest BCUT2D eigenvalue weighted by Crippen LogP contribution is 2.35. The molecule has 3 rings (SSSR count). The van der Waals surface area contributed by atoms with E-state index < -0.39 is 0 Å². The Labute approximate surface area is 117 Å². The molecule has 0 amide bonds. The minimum Gasteiger partial charge on any atom is -0.491 e. The zero-order valence-corrected chi connectivity index (χ0v) is 11.3. The van der Waals surface area contributed by atoms with Gasteiger partial charge in [0.25, 0.3) is 5.56 Å². The summed E-state index contributed by atoms with van der Waals surface area (Å²) in [6, 6.07) is 11.3. The quantitative estimate of drug-likeness (QED) is 0.922. The second kappa shape index (κ2) is 5.51. The smallest absolute Gasteiger partial charge is 0.250 e. The lowest BCUT2D eigenvalue weighted by Crippen LogP contribution is -2.21. The molecule has 1 unspecified atom stereocenters. The molecule has 1 aromatic heterocycles. The third kappa shape index (κ3) is 2.47. The van der Waals surface area contributed by atoms with E-state index in [0.29, 0.717) is 13.2 Å². The van der Waals surface area contributed by atoms with Crippen molar-refractivity contribution in [3.8, 4) is 5.75 Å². The molecule has 1 aromatic carbocycles. The Morgan fingerprint density at radius 3 is 3.00 bits per heavy atom. The molecule has 0 saturated carbocycles. The molecule has 1 heterocycles. The van der Waals surface area contributed by atoms with Gasteiger partial charge in [-0.3, -0.25) is 4.79 Å². The fourth-order valence-corrected chi connectivity index (χ4v) is 2.69. The number of fused-ring (bicyclic) bond motifs is 1. The average Bonchev–Trinajstić information content (AvgIpc) is 2.84. The highest BCUT2D eigenvalue weighted by Gasteiger charge is 2.21. The Bertz CT molecular complexity index is 664. The lowest BCUT2D eigenvalue weighted by Gasteiger charge is -2.12. The van der Waals surface area contributed by atoms with Crippen LogP contribution in [0, 0.1) is 0 Å². The summed E-state index contributed by atoms with van der Waals surface area (Å²) in [6.45, 7) is 1.03. The van der Waals surface area contributed by atoms with Gasteiger partial charge in [-0.05, 0) is 36.1 Å². The number of pyridine rings is 1. The van der Waals surface area contributed by atoms with Crippen LogP contribution in [-0.4, -0.2) is 11.2 Å². The van der Waals surface area contributed by atoms with Gasteiger partial charge in [0.2, 0.25) is 0 Å². The Morgan fingerprint density at radius 1 is 1.25 bits per heavy atom. The minimum atomic E-state index is -0.00332. The van der Waals surface area contributed by atoms with Gasteiger partial charge in [0, 0.05) is 18.3 Å². The van der Waals surface area contributed by atoms with Gasteiger partial charge in [0.05, 0.1) is 6.54 Å². The predicted molar refractivity (Wildman–Crippen MR) is 77.9 cm³/mol. The van der Waals surface area contributed by atoms with Crippen LogP contribution in [0.25, 0.3) is 0 Å². The molecule has 1 atom stereocenters. The molecule has 0 aliphatic heterocycles. The molecule has 20 heavy (non-hydrogen) atoms. The second-order valence-corrected chi connectivity index (χ2v) is 5.05. The molecular formula is C16H18N2O2. The average molecular weight is 270 g/mol. The van der Waals surface area contributed by atoms with Gasteiger partial charge < -0.3 is 15.0 Å². The van der Waals surface area contributed by atoms with Crippen molar-refractivity contribution in [2.75, 3.05) is 6.61 Å². The van der Waals surface area contributed by atoms with Crippen LogP contribution in [0.1, 0.15) is 23.6 Å². The van der Waals surface area contributed by atoms with Crippen LogP contribution in [-0.2, 0) is 13.0 Å². The molecule has 0 saturated heterocycles. The molecule has 2 aromatic rings. The van der Waals surface area contributed by atoms with Gasteiger partial charge in [0.15, 0.2) is 0 Å². The van der Waals surface area contributed by atoms with Gasteiger partial charge in [0.1, 0.15) is 12.4 Å². The van der Waals surface area contributed by atoms with Crippen LogP contribution < -0.4 is 16.0 Å². The lowest BCUT2D eigenvalue weighted by atomic mass is 10.1. The molecule has 0 radical (unpaired) electrons. The molecule has 1 aliphatic rings. The van der Waals surface area contributed by atoms with Crippen molar-refractivity contribution in [2.24, 2.45) is 5.73 Å². The highest BCUT2D eigenvalue weighted by atomic mass is 16.5. The fourth-order valence-electron chi connectivity index (χ4n) is 2.69. The van der Waals surface area contributed by atoms with Crippen molar-refractivity contribution in [2.45, 2.75) is 25.4 Å². The van der Waals surface area contributed by atoms with E-state index in [-0.39, 0.29) is 11.6 Å². The van der Waals surface area contributed by atoms with E-state index in [1.165, 1.54) is 11.1 Å². The van der Waals surface area contributed by atoms with Crippen molar-refractivity contribution in [3.05, 3.63) is 64.1 Å². The highest BCUT2D eigenvalue weighted by molar-refractivity contribution is 5.44. The Hall–Kier alpha value is -2.07. The number of hydrogen-bond acceptors (Lipinski definition) is 3. The summed E-state index contributed by atoms with van der Waals surface area (Å²) in [6.07, 6.45) is 3.73. The monoisotopic (exact) mass is 270 g/mol. The summed E-state index contributed by atoms with van der Waals surface area (Å²) in [5.41, 5.74) is 8.47. The maximum Gasteiger partial charge on any atom is 0.250 e. The normalized spacial score (nSPS) is 16.9. The Kier molecular flexibility index (Phi) is 3.56. The van der Waals surface area contributed by atoms with E-state index in [2.05, 4.69) is 6.07 Å². The summed E-state index contributed by atoms with van der Waals surface area (Å²) in [5, 5.41) is 0. The van der Waals surface area contributed by atoms with E-state index in [1.54, 1.807) is 22.9 Å². The summed E-state index contributed by atoms with van der Waals surface area (Å²) >= 11 is 0. The molecule has 2 N–H and O–H groups in total. The summed E-state index contributed by atoms with van der Waals surface area (Å²) < 4.78 is 7.49. The van der Waals surface area contributed by atoms with Crippen LogP contribution in [0.4, 0.5) is 0 Å². The molecule has 4 heteroatoms. The molecular weight excluding hydrogens is 252 g/mol. The van der Waals surface area contributed by atoms with Gasteiger partial charge in [-0.1, -0.05) is 18.2 Å². The van der Waals surface area contributed by atoms with E-state index in [0.717, 1.165) is 18.6 Å². The van der Waals surface area contributed by atoms with Gasteiger partial charge >= 0.3 is 0 Å². The third-order valence-corrected chi connectivity index (χ3v) is 3.76. The topological polar surface area (TPSA) is 57.2 Å². The van der Waals surface area contributed by atoms with E-state index in [9.17, 15) is 4.79 Å². The van der Waals surface area contributed by atoms with Crippen molar-refractivity contribution in [1.29, 1.82) is 0 Å². The van der Waals surface area contributed by atoms with Crippen LogP contribution >= 0.6 is 0 Å². The first-order chi connectivity index (χ1) is 9.75. The van der Waals surface area contributed by atoms with Crippen molar-refractivity contribution in [1.82, 2.24) is 4.57 Å². The van der Waals surface area contributed by atoms with Crippen molar-refractivity contribution in [3.63, 3.8) is 0 Å². The zero-order chi connectivity index (χ0) is 13.9. The third-order valence-electron chi connectivity index (χ3n) is 3.76. The van der Waals surface area contributed by atoms with Gasteiger partial charge in [-0.2, -0.15) is 0 Å². The molecule has 4 nitrogen and oxygen atoms in total. The maximum absolute atomic E-state index is 11.6. The number of benzene rings is 1. The second-order valence-electron chi connectivity index (χ2n) is 5.05. The zero-order valence-electron chi connectivity index (χ0n) is 11.3. The van der Waals surface area contributed by atoms with Crippen LogP contribution in [0.3, 0.4) is 0 Å². The number of aromatic nitrogens is 1. The van der Waals surface area contributed by atoms with Crippen molar-refractivity contribution < 1.29 is 4.74 Å². The SMILES string of the molecule is NC1CCc2c(OCCn3ccccc3=O)cccc21. The van der Waals surface area contributed by atoms with E-state index in [1.807, 2.05) is 18.2 Å². The van der Waals surface area contributed by atoms with Gasteiger partial charge in [-0.25, -0.2) is 0 Å². The van der Waals surface area contributed by atoms with Crippen molar-refractivity contribution >= 4 is 0 Å². The molecule has 0 fully saturated rings. The van der Waals surface area contributed by atoms with E-state index >= 15 is 0 Å². The van der Waals surface area contributed by atoms with Gasteiger partial charge in [-0.15, -0.1) is 0 Å². The Morgan fingerprint density at radius 2 is 2.15 bits per heavy atom. The Balaban J connectivity index is 1.68. The predicted octanol–water partition coefficient (Wildman–Crippen LogP) is 1.87. The number of rotatable bonds is 4. The number of nitrogens with two attached hydrogens (primary N) is 1. The largest absolute Gasteiger partial charge is 0.491 e. The standard InChI is InChI=1S/C16H18N2O2/c17-14-8-7-13-12(14)4-3-5-15(13)20-11-10-18-9-2-1-6-16(18)19/h1-6,9,14H,7-8,10-11,17H2. The summed E-state index contributed by atoms with van der Waals surface area (Å²) in [4.78, 5) is 11.6. The van der Waals surface area contributed by atoms with Crippen LogP contribution in [0.15, 0.2) is 47.4 Å². The molecule has 0 bridgehead atoms. The summed E-state index contributed by atoms with van der Waals surface area (Å²) in [7, 11) is 0. The number of ether oxygens (including phenoxy) is 1. The minimum absolute atomic E-state index is 0.00332. The molecule has 0 spiro atoms. The fraction of sp³-hybridized carbons (Fsp3) is 0.312. The number of hydrogen-bond donors (Lipinski definition) is 1. The van der Waals surface area contributed by atoms with Crippen LogP contribution in [0.5, 0.6) is 5.75 Å². The summed E-state index contributed by atoms with van der Waals surface area (Å²) in [5.74, 6) is 0.902. The maximum atomic E-state index is 11.6. The molecule has 1 aliphatic carbocycles. The molecule has 104 valence electrons. The first-order valence-corrected chi connectivity index (χ1v) is 6.91. The van der Waals surface area contributed by atoms with Crippen LogP contribution in [0.2, 0.25) is 0 Å². The van der Waals surface area contributed by atoms with E-state index in [4.69, 9.17) is 10.5 Å². The number of nitrogens with zero attached hydrogens (tertiary/aromatic N) is 1. The first kappa shape index (κ1) is 12.9.